The van der Waals surface area contributed by atoms with Gasteiger partial charge in [-0.1, -0.05) is 83.0 Å². The van der Waals surface area contributed by atoms with E-state index in [1.165, 1.54) is 43.0 Å². The summed E-state index contributed by atoms with van der Waals surface area (Å²) in [5.74, 6) is -13.9. The maximum atomic E-state index is 14.5. The fraction of sp³-hybridized carbons (Fsp3) is 0.648. The van der Waals surface area contributed by atoms with Crippen LogP contribution in [0.3, 0.4) is 0 Å². The molecule has 5 rings (SSSR count). The Bertz CT molecular complexity index is 2720. The molecular weight excluding hydrogens is 1230 g/mol. The minimum Gasteiger partial charge on any atom is -0.508 e. The first-order chi connectivity index (χ1) is 41.6. The quantitative estimate of drug-likeness (QED) is 0.0977. The van der Waals surface area contributed by atoms with E-state index in [2.05, 4.69) is 53.2 Å². The Morgan fingerprint density at radius 3 is 1.70 bits per heavy atom. The number of nitrogens with two attached hydrogens (primary N) is 2. The number of benzene rings is 1. The highest BCUT2D eigenvalue weighted by Gasteiger charge is 2.46. The number of carbonyl (C=O) groups is 13. The Balaban J connectivity index is 1.62. The Labute approximate surface area is 524 Å². The average Bonchev–Trinajstić information content (AvgIpc) is 1.88. The molecule has 17 N–H and O–H groups in total. The summed E-state index contributed by atoms with van der Waals surface area (Å²) in [5, 5.41) is 57.1. The molecule has 0 saturated carbocycles. The molecule has 4 fully saturated rings. The fourth-order valence-corrected chi connectivity index (χ4v) is 14.5. The van der Waals surface area contributed by atoms with Crippen molar-refractivity contribution in [1.82, 2.24) is 63.0 Å². The Morgan fingerprint density at radius 2 is 1.12 bits per heavy atom. The van der Waals surface area contributed by atoms with Gasteiger partial charge in [0, 0.05) is 42.5 Å². The summed E-state index contributed by atoms with van der Waals surface area (Å²) in [6.45, 7) is 7.71. The van der Waals surface area contributed by atoms with Gasteiger partial charge in [-0.2, -0.15) is 0 Å². The molecule has 0 aliphatic carbocycles. The van der Waals surface area contributed by atoms with E-state index < -0.39 is 180 Å². The summed E-state index contributed by atoms with van der Waals surface area (Å²) in [6.07, 6.45) is -0.893. The van der Waals surface area contributed by atoms with Crippen LogP contribution in [-0.2, 0) is 68.7 Å². The summed E-state index contributed by atoms with van der Waals surface area (Å²) in [5.41, 5.74) is 11.9. The van der Waals surface area contributed by atoms with Gasteiger partial charge in [0.15, 0.2) is 0 Å². The zero-order chi connectivity index (χ0) is 65.1. The molecule has 1 aromatic rings. The maximum absolute atomic E-state index is 14.5. The normalized spacial score (nSPS) is 29.2. The average molecular weight is 1310 g/mol. The molecular formula is C54H82N14O16S4. The SMILES string of the molecule is CC(C)C[C@@H]1NC(=O)[C@H](C(C)C)NC(=O)[C@H](C)NC(=O)[C@@H]2CSSC[C@H](NC(=O)CN)C(=O)N[C@@H](CSSC[C@@H](C(N)=O)NC(=O)[C@H](Cc3ccc(O)cc3)NC1=O)C(=O)N[C@@H](CO)C(=O)N[C@@H]([C@@H](C)O)C(=O)N1CCC[C@H]1C(=O)N1CCC[C@H]1C(=O)N2. The third-order valence-corrected chi connectivity index (χ3v) is 19.6. The van der Waals surface area contributed by atoms with Gasteiger partial charge in [0.2, 0.25) is 76.8 Å². The zero-order valence-electron chi connectivity index (χ0n) is 49.7. The lowest BCUT2D eigenvalue weighted by Crippen LogP contribution is -2.62. The lowest BCUT2D eigenvalue weighted by Gasteiger charge is -2.34. The number of aliphatic hydroxyl groups excluding tert-OH is 2. The number of nitrogens with zero attached hydrogens (tertiary/aromatic N) is 2. The summed E-state index contributed by atoms with van der Waals surface area (Å²) in [4.78, 5) is 186. The van der Waals surface area contributed by atoms with E-state index >= 15 is 0 Å². The smallest absolute Gasteiger partial charge is 0.248 e. The molecule has 4 aliphatic rings. The van der Waals surface area contributed by atoms with Crippen molar-refractivity contribution in [3.8, 4) is 5.75 Å². The van der Waals surface area contributed by atoms with E-state index in [9.17, 15) is 77.6 Å². The summed E-state index contributed by atoms with van der Waals surface area (Å²) in [7, 11) is 3.62. The highest BCUT2D eigenvalue weighted by atomic mass is 33.1. The molecule has 0 unspecified atom stereocenters. The van der Waals surface area contributed by atoms with Crippen molar-refractivity contribution in [2.24, 2.45) is 23.3 Å². The minimum atomic E-state index is -1.84. The molecule has 488 valence electrons. The second-order valence-electron chi connectivity index (χ2n) is 22.5. The largest absolute Gasteiger partial charge is 0.508 e. The van der Waals surface area contributed by atoms with E-state index in [0.29, 0.717) is 18.4 Å². The van der Waals surface area contributed by atoms with Crippen molar-refractivity contribution in [2.45, 2.75) is 159 Å². The number of fused-ring (bicyclic) bond motifs is 10. The van der Waals surface area contributed by atoms with Crippen LogP contribution in [0.15, 0.2) is 24.3 Å². The number of rotatable bonds is 10. The Morgan fingerprint density at radius 1 is 0.602 bits per heavy atom. The molecule has 30 nitrogen and oxygen atoms in total. The van der Waals surface area contributed by atoms with Crippen molar-refractivity contribution < 1.29 is 77.6 Å². The van der Waals surface area contributed by atoms with Crippen LogP contribution < -0.4 is 64.6 Å². The van der Waals surface area contributed by atoms with Gasteiger partial charge < -0.3 is 89.8 Å². The topological polar surface area (TPSA) is 461 Å². The molecule has 2 bridgehead atoms. The minimum absolute atomic E-state index is 0.00189. The van der Waals surface area contributed by atoms with Gasteiger partial charge >= 0.3 is 0 Å². The molecule has 13 atom stereocenters. The van der Waals surface area contributed by atoms with Crippen LogP contribution >= 0.6 is 43.2 Å². The standard InChI is InChI=1S/C54H82N14O16S4/c1-25(2)17-31-45(75)59-32(18-29-11-13-30(71)14-12-29)46(76)62-34(43(56)73)21-85-87-24-37-50(80)61-33(20-69)47(77)66-42(28(6)70)54(84)68-16-8-10-39(68)53(83)67-15-7-9-38(67)51(81)64-36(23-88-86-22-35(49(79)63-37)58-40(72)19-55)48(78)57-27(5)44(74)65-41(26(3)4)52(82)60-31/h11-14,25-28,31-39,41-42,69-71H,7-10,15-24,55H2,1-6H3,(H2,56,73)(H,57,78)(H,58,72)(H,59,75)(H,60,82)(H,61,80)(H,62,76)(H,63,79)(H,64,81)(H,65,74)(H,66,77)/t27-,28+,31-,32-,33-,34-,35-,36-,37-,38-,39-,41-,42-/m0/s1. The molecule has 0 spiro atoms. The molecule has 13 amide bonds. The predicted octanol–water partition coefficient (Wildman–Crippen LogP) is -4.91. The number of phenolic OH excluding ortho intramolecular Hbond substituents is 1. The van der Waals surface area contributed by atoms with E-state index in [1.54, 1.807) is 27.7 Å². The fourth-order valence-electron chi connectivity index (χ4n) is 9.85. The highest BCUT2D eigenvalue weighted by Crippen LogP contribution is 2.29. The van der Waals surface area contributed by atoms with E-state index in [-0.39, 0.29) is 67.7 Å². The number of phenols is 1. The van der Waals surface area contributed by atoms with E-state index in [0.717, 1.165) is 48.1 Å². The molecule has 1 aromatic carbocycles. The van der Waals surface area contributed by atoms with Crippen LogP contribution in [0.5, 0.6) is 5.75 Å². The van der Waals surface area contributed by atoms with Gasteiger partial charge in [-0.05, 0) is 75.5 Å². The van der Waals surface area contributed by atoms with E-state index in [4.69, 9.17) is 11.5 Å². The van der Waals surface area contributed by atoms with Gasteiger partial charge in [-0.15, -0.1) is 0 Å². The van der Waals surface area contributed by atoms with Crippen LogP contribution in [-0.4, -0.2) is 230 Å². The van der Waals surface area contributed by atoms with Gasteiger partial charge in [0.25, 0.3) is 0 Å². The number of primary amides is 1. The number of aliphatic hydroxyl groups is 2. The van der Waals surface area contributed by atoms with Gasteiger partial charge in [0.05, 0.1) is 19.3 Å². The number of carbonyl (C=O) groups excluding carboxylic acids is 13. The van der Waals surface area contributed by atoms with Crippen molar-refractivity contribution in [1.29, 1.82) is 0 Å². The van der Waals surface area contributed by atoms with Gasteiger partial charge in [-0.3, -0.25) is 62.3 Å². The number of amides is 13. The third-order valence-electron chi connectivity index (χ3n) is 14.7. The summed E-state index contributed by atoms with van der Waals surface area (Å²) in [6, 6.07) is -11.9. The number of hydrogen-bond donors (Lipinski definition) is 15. The first-order valence-electron chi connectivity index (χ1n) is 28.8. The molecule has 34 heteroatoms. The van der Waals surface area contributed by atoms with Crippen LogP contribution in [0.4, 0.5) is 0 Å². The highest BCUT2D eigenvalue weighted by molar-refractivity contribution is 8.77. The van der Waals surface area contributed by atoms with Crippen molar-refractivity contribution >= 4 is 120 Å². The van der Waals surface area contributed by atoms with Crippen LogP contribution in [0.25, 0.3) is 0 Å². The summed E-state index contributed by atoms with van der Waals surface area (Å²) < 4.78 is 0. The van der Waals surface area contributed by atoms with Crippen molar-refractivity contribution in [3.05, 3.63) is 29.8 Å². The van der Waals surface area contributed by atoms with Crippen LogP contribution in [0, 0.1) is 11.8 Å². The molecule has 4 saturated heterocycles. The van der Waals surface area contributed by atoms with Crippen molar-refractivity contribution in [2.75, 3.05) is 49.3 Å². The van der Waals surface area contributed by atoms with E-state index in [1.807, 2.05) is 0 Å². The first kappa shape index (κ1) is 72.2. The number of aromatic hydroxyl groups is 1. The van der Waals surface area contributed by atoms with Crippen LogP contribution in [0.2, 0.25) is 0 Å². The van der Waals surface area contributed by atoms with Crippen LogP contribution in [0.1, 0.15) is 79.2 Å². The molecule has 4 heterocycles. The third kappa shape index (κ3) is 20.7. The van der Waals surface area contributed by atoms with Gasteiger partial charge in [-0.25, -0.2) is 0 Å². The molecule has 0 radical (unpaired) electrons. The number of hydrogen-bond acceptors (Lipinski definition) is 21. The van der Waals surface area contributed by atoms with Gasteiger partial charge in [0.1, 0.15) is 78.3 Å². The lowest BCUT2D eigenvalue weighted by atomic mass is 9.98. The molecule has 88 heavy (non-hydrogen) atoms. The maximum Gasteiger partial charge on any atom is 0.248 e. The Hall–Kier alpha value is -6.59. The number of nitrogens with one attached hydrogen (secondary N) is 10. The predicted molar refractivity (Wildman–Crippen MR) is 327 cm³/mol. The molecule has 4 aliphatic heterocycles. The lowest BCUT2D eigenvalue weighted by molar-refractivity contribution is -0.149. The first-order valence-corrected chi connectivity index (χ1v) is 33.8. The van der Waals surface area contributed by atoms with Crippen molar-refractivity contribution in [3.63, 3.8) is 0 Å². The second kappa shape index (κ2) is 34.4. The summed E-state index contributed by atoms with van der Waals surface area (Å²) >= 11 is 0. The monoisotopic (exact) mass is 1310 g/mol. The zero-order valence-corrected chi connectivity index (χ0v) is 53.0. The molecule has 0 aromatic heterocycles. The second-order valence-corrected chi connectivity index (χ2v) is 27.6. The Kier molecular flexibility index (Phi) is 28.2.